The summed E-state index contributed by atoms with van der Waals surface area (Å²) in [6.07, 6.45) is -2.55. The van der Waals surface area contributed by atoms with E-state index in [1.807, 2.05) is 0 Å². The minimum absolute atomic E-state index is 0.146. The summed E-state index contributed by atoms with van der Waals surface area (Å²) in [7, 11) is 0. The molecule has 22 heavy (non-hydrogen) atoms. The number of benzene rings is 1. The van der Waals surface area contributed by atoms with Crippen LogP contribution in [0.15, 0.2) is 24.3 Å². The number of hydrogen-bond donors (Lipinski definition) is 2. The predicted octanol–water partition coefficient (Wildman–Crippen LogP) is 2.09. The van der Waals surface area contributed by atoms with Crippen molar-refractivity contribution in [1.82, 2.24) is 10.6 Å². The van der Waals surface area contributed by atoms with Gasteiger partial charge in [0, 0.05) is 17.7 Å². The number of nitro groups is 1. The zero-order valence-corrected chi connectivity index (χ0v) is 12.2. The molecule has 9 heteroatoms. The maximum Gasteiger partial charge on any atom is 0.409 e. The van der Waals surface area contributed by atoms with Crippen LogP contribution >= 0.6 is 0 Å². The highest BCUT2D eigenvalue weighted by atomic mass is 16.6. The number of carbonyl (C=O) groups is 2. The quantitative estimate of drug-likeness (QED) is 0.471. The Morgan fingerprint density at radius 1 is 1.18 bits per heavy atom. The number of alkyl carbamates (subject to hydrolysis) is 2. The molecule has 0 aliphatic rings. The van der Waals surface area contributed by atoms with E-state index in [-0.39, 0.29) is 18.9 Å². The van der Waals surface area contributed by atoms with E-state index in [0.717, 1.165) is 0 Å². The lowest BCUT2D eigenvalue weighted by atomic mass is 10.1. The van der Waals surface area contributed by atoms with E-state index in [2.05, 4.69) is 10.6 Å². The lowest BCUT2D eigenvalue weighted by Crippen LogP contribution is -2.41. The van der Waals surface area contributed by atoms with Crippen LogP contribution in [0.3, 0.4) is 0 Å². The second-order valence-electron chi connectivity index (χ2n) is 4.01. The van der Waals surface area contributed by atoms with Crippen LogP contribution < -0.4 is 10.6 Å². The van der Waals surface area contributed by atoms with Gasteiger partial charge in [0.1, 0.15) is 6.17 Å². The molecule has 0 aliphatic carbocycles. The highest BCUT2D eigenvalue weighted by Crippen LogP contribution is 2.18. The Bertz CT molecular complexity index is 528. The number of non-ortho nitro benzene ring substituents is 1. The number of nitro benzene ring substituents is 1. The fourth-order valence-electron chi connectivity index (χ4n) is 1.60. The third-order valence-corrected chi connectivity index (χ3v) is 2.49. The topological polar surface area (TPSA) is 120 Å². The molecule has 0 aliphatic heterocycles. The summed E-state index contributed by atoms with van der Waals surface area (Å²) >= 11 is 0. The monoisotopic (exact) mass is 311 g/mol. The zero-order chi connectivity index (χ0) is 16.5. The van der Waals surface area contributed by atoms with E-state index in [1.54, 1.807) is 13.8 Å². The van der Waals surface area contributed by atoms with E-state index in [9.17, 15) is 19.7 Å². The number of carbonyl (C=O) groups excluding carboxylic acids is 2. The van der Waals surface area contributed by atoms with Crippen molar-refractivity contribution >= 4 is 17.9 Å². The summed E-state index contributed by atoms with van der Waals surface area (Å²) < 4.78 is 9.47. The molecule has 0 radical (unpaired) electrons. The van der Waals surface area contributed by atoms with Crippen molar-refractivity contribution < 1.29 is 24.0 Å². The molecule has 0 spiro atoms. The SMILES string of the molecule is CCOC(=O)NC(NC(=O)OCC)c1cccc([N+](=O)[O-])c1. The number of amides is 2. The van der Waals surface area contributed by atoms with Gasteiger partial charge in [-0.25, -0.2) is 9.59 Å². The van der Waals surface area contributed by atoms with Crippen LogP contribution in [0, 0.1) is 10.1 Å². The fourth-order valence-corrected chi connectivity index (χ4v) is 1.60. The summed E-state index contributed by atoms with van der Waals surface area (Å²) in [5, 5.41) is 15.6. The molecule has 0 saturated heterocycles. The molecule has 0 unspecified atom stereocenters. The van der Waals surface area contributed by atoms with Crippen molar-refractivity contribution in [3.63, 3.8) is 0 Å². The van der Waals surface area contributed by atoms with Crippen LogP contribution in [0.4, 0.5) is 15.3 Å². The molecule has 1 rings (SSSR count). The van der Waals surface area contributed by atoms with Crippen molar-refractivity contribution in [3.05, 3.63) is 39.9 Å². The summed E-state index contributed by atoms with van der Waals surface area (Å²) in [4.78, 5) is 33.3. The maximum absolute atomic E-state index is 11.5. The zero-order valence-electron chi connectivity index (χ0n) is 12.2. The molecule has 1 aromatic carbocycles. The second-order valence-corrected chi connectivity index (χ2v) is 4.01. The predicted molar refractivity (Wildman–Crippen MR) is 76.2 cm³/mol. The Hall–Kier alpha value is -2.84. The van der Waals surface area contributed by atoms with E-state index in [0.29, 0.717) is 5.56 Å². The van der Waals surface area contributed by atoms with Crippen molar-refractivity contribution in [2.45, 2.75) is 20.0 Å². The van der Waals surface area contributed by atoms with Gasteiger partial charge in [0.2, 0.25) is 0 Å². The molecule has 0 heterocycles. The number of nitrogens with one attached hydrogen (secondary N) is 2. The Labute approximate surface area is 126 Å². The van der Waals surface area contributed by atoms with Crippen LogP contribution in [0.2, 0.25) is 0 Å². The van der Waals surface area contributed by atoms with Gasteiger partial charge in [-0.3, -0.25) is 20.7 Å². The van der Waals surface area contributed by atoms with Crippen LogP contribution in [0.1, 0.15) is 25.6 Å². The maximum atomic E-state index is 11.5. The van der Waals surface area contributed by atoms with Gasteiger partial charge in [0.25, 0.3) is 5.69 Å². The van der Waals surface area contributed by atoms with E-state index < -0.39 is 23.3 Å². The third-order valence-electron chi connectivity index (χ3n) is 2.49. The van der Waals surface area contributed by atoms with Gasteiger partial charge in [-0.15, -0.1) is 0 Å². The first-order valence-corrected chi connectivity index (χ1v) is 6.58. The molecule has 1 aromatic rings. The van der Waals surface area contributed by atoms with Gasteiger partial charge in [-0.05, 0) is 13.8 Å². The number of rotatable bonds is 6. The smallest absolute Gasteiger partial charge is 0.409 e. The first kappa shape index (κ1) is 17.2. The molecule has 0 atom stereocenters. The standard InChI is InChI=1S/C13H17N3O6/c1-3-21-12(17)14-11(15-13(18)22-4-2)9-6-5-7-10(8-9)16(19)20/h5-8,11H,3-4H2,1-2H3,(H,14,17)(H,15,18). The third kappa shape index (κ3) is 5.27. The Kier molecular flexibility index (Phi) is 6.61. The van der Waals surface area contributed by atoms with Gasteiger partial charge < -0.3 is 9.47 Å². The van der Waals surface area contributed by atoms with Gasteiger partial charge in [-0.1, -0.05) is 12.1 Å². The van der Waals surface area contributed by atoms with Crippen molar-refractivity contribution in [2.24, 2.45) is 0 Å². The number of ether oxygens (including phenoxy) is 2. The van der Waals surface area contributed by atoms with Crippen LogP contribution in [0.25, 0.3) is 0 Å². The van der Waals surface area contributed by atoms with E-state index in [4.69, 9.17) is 9.47 Å². The molecule has 2 amide bonds. The Morgan fingerprint density at radius 2 is 1.73 bits per heavy atom. The first-order valence-electron chi connectivity index (χ1n) is 6.58. The van der Waals surface area contributed by atoms with Crippen LogP contribution in [-0.2, 0) is 9.47 Å². The second kappa shape index (κ2) is 8.45. The van der Waals surface area contributed by atoms with Crippen molar-refractivity contribution in [2.75, 3.05) is 13.2 Å². The average Bonchev–Trinajstić information content (AvgIpc) is 2.47. The summed E-state index contributed by atoms with van der Waals surface area (Å²) in [5.74, 6) is 0. The van der Waals surface area contributed by atoms with E-state index in [1.165, 1.54) is 24.3 Å². The Morgan fingerprint density at radius 3 is 2.18 bits per heavy atom. The number of hydrogen-bond acceptors (Lipinski definition) is 6. The lowest BCUT2D eigenvalue weighted by molar-refractivity contribution is -0.384. The molecule has 0 saturated carbocycles. The first-order chi connectivity index (χ1) is 10.5. The van der Waals surface area contributed by atoms with Gasteiger partial charge in [0.05, 0.1) is 18.1 Å². The van der Waals surface area contributed by atoms with Gasteiger partial charge in [-0.2, -0.15) is 0 Å². The molecule has 0 bridgehead atoms. The normalized spacial score (nSPS) is 9.95. The van der Waals surface area contributed by atoms with E-state index >= 15 is 0 Å². The molecule has 0 fully saturated rings. The van der Waals surface area contributed by atoms with Crippen molar-refractivity contribution in [3.8, 4) is 0 Å². The average molecular weight is 311 g/mol. The highest BCUT2D eigenvalue weighted by molar-refractivity contribution is 5.71. The number of nitrogens with zero attached hydrogens (tertiary/aromatic N) is 1. The summed E-state index contributed by atoms with van der Waals surface area (Å²) in [6.45, 7) is 3.54. The highest BCUT2D eigenvalue weighted by Gasteiger charge is 2.20. The summed E-state index contributed by atoms with van der Waals surface area (Å²) in [5.41, 5.74) is 0.147. The van der Waals surface area contributed by atoms with Crippen LogP contribution in [0.5, 0.6) is 0 Å². The summed E-state index contributed by atoms with van der Waals surface area (Å²) in [6, 6.07) is 5.51. The minimum atomic E-state index is -1.02. The molecule has 0 aromatic heterocycles. The molecular formula is C13H17N3O6. The van der Waals surface area contributed by atoms with Gasteiger partial charge in [0.15, 0.2) is 0 Å². The molecule has 9 nitrogen and oxygen atoms in total. The van der Waals surface area contributed by atoms with Crippen LogP contribution in [-0.4, -0.2) is 30.3 Å². The van der Waals surface area contributed by atoms with Gasteiger partial charge >= 0.3 is 12.2 Å². The molecular weight excluding hydrogens is 294 g/mol. The molecule has 2 N–H and O–H groups in total. The largest absolute Gasteiger partial charge is 0.450 e. The molecule has 120 valence electrons. The minimum Gasteiger partial charge on any atom is -0.450 e. The van der Waals surface area contributed by atoms with Crippen molar-refractivity contribution in [1.29, 1.82) is 0 Å². The Balaban J connectivity index is 2.97. The lowest BCUT2D eigenvalue weighted by Gasteiger charge is -2.19. The fraction of sp³-hybridized carbons (Fsp3) is 0.385.